The molecule has 1 aromatic carbocycles. The third-order valence-electron chi connectivity index (χ3n) is 6.17. The van der Waals surface area contributed by atoms with Crippen LogP contribution in [-0.2, 0) is 0 Å². The molecule has 2 N–H and O–H groups in total. The molecule has 0 unspecified atom stereocenters. The van der Waals surface area contributed by atoms with Gasteiger partial charge >= 0.3 is 0 Å². The molecule has 8 heteroatoms. The summed E-state index contributed by atoms with van der Waals surface area (Å²) in [5.41, 5.74) is 3.06. The highest BCUT2D eigenvalue weighted by atomic mass is 16.3. The Morgan fingerprint density at radius 2 is 1.79 bits per heavy atom. The van der Waals surface area contributed by atoms with Gasteiger partial charge in [-0.25, -0.2) is 15.0 Å². The van der Waals surface area contributed by atoms with E-state index >= 15 is 0 Å². The second-order valence-electron chi connectivity index (χ2n) is 8.43. The van der Waals surface area contributed by atoms with E-state index in [1.807, 2.05) is 34.9 Å². The quantitative estimate of drug-likeness (QED) is 0.413. The van der Waals surface area contributed by atoms with Crippen molar-refractivity contribution in [2.75, 3.05) is 5.32 Å². The number of fused-ring (bicyclic) bond motifs is 2. The third kappa shape index (κ3) is 3.73. The van der Waals surface area contributed by atoms with E-state index in [-0.39, 0.29) is 5.75 Å². The van der Waals surface area contributed by atoms with E-state index in [0.29, 0.717) is 34.8 Å². The number of phenols is 1. The fraction of sp³-hybridized carbons (Fsp3) is 0.240. The maximum atomic E-state index is 10.0. The monoisotopic (exact) mass is 437 g/mol. The molecule has 5 aromatic rings. The lowest BCUT2D eigenvalue weighted by atomic mass is 9.96. The van der Waals surface area contributed by atoms with Crippen LogP contribution in [0.5, 0.6) is 5.75 Å². The highest BCUT2D eigenvalue weighted by molar-refractivity contribution is 5.85. The fourth-order valence-electron chi connectivity index (χ4n) is 4.53. The molecule has 1 aliphatic carbocycles. The molecule has 164 valence electrons. The van der Waals surface area contributed by atoms with Crippen LogP contribution in [0.2, 0.25) is 0 Å². The molecule has 0 amide bonds. The standard InChI is InChI=1S/C25H23N7O/c33-18-7-9-22-21(14-18)30-24(20-8-6-16-15-26-12-10-19(16)29-20)32(22)23-11-13-27-25(31-23)28-17-4-2-1-3-5-17/h6-15,17,33H,1-5H2,(H,27,28,31). The van der Waals surface area contributed by atoms with E-state index in [2.05, 4.69) is 15.3 Å². The van der Waals surface area contributed by atoms with Gasteiger partial charge in [-0.15, -0.1) is 0 Å². The van der Waals surface area contributed by atoms with Gasteiger partial charge < -0.3 is 10.4 Å². The number of phenolic OH excluding ortho intramolecular Hbond substituents is 1. The lowest BCUT2D eigenvalue weighted by molar-refractivity contribution is 0.461. The molecule has 1 fully saturated rings. The van der Waals surface area contributed by atoms with Crippen molar-refractivity contribution < 1.29 is 5.11 Å². The van der Waals surface area contributed by atoms with E-state index in [1.165, 1.54) is 19.3 Å². The Hall–Kier alpha value is -4.07. The van der Waals surface area contributed by atoms with Crippen LogP contribution in [-0.4, -0.2) is 40.6 Å². The summed E-state index contributed by atoms with van der Waals surface area (Å²) in [5, 5.41) is 14.5. The van der Waals surface area contributed by atoms with Crippen molar-refractivity contribution in [1.82, 2.24) is 29.5 Å². The second-order valence-corrected chi connectivity index (χ2v) is 8.43. The predicted molar refractivity (Wildman–Crippen MR) is 127 cm³/mol. The summed E-state index contributed by atoms with van der Waals surface area (Å²) in [6.45, 7) is 0. The molecule has 6 rings (SSSR count). The van der Waals surface area contributed by atoms with Gasteiger partial charge in [0.15, 0.2) is 5.82 Å². The minimum atomic E-state index is 0.165. The number of aromatic nitrogens is 6. The van der Waals surface area contributed by atoms with E-state index in [4.69, 9.17) is 15.0 Å². The number of pyridine rings is 2. The lowest BCUT2D eigenvalue weighted by Crippen LogP contribution is -2.23. The third-order valence-corrected chi connectivity index (χ3v) is 6.17. The first-order chi connectivity index (χ1) is 16.2. The lowest BCUT2D eigenvalue weighted by Gasteiger charge is -2.22. The van der Waals surface area contributed by atoms with Crippen LogP contribution in [0, 0.1) is 0 Å². The van der Waals surface area contributed by atoms with Crippen LogP contribution < -0.4 is 5.32 Å². The SMILES string of the molecule is Oc1ccc2c(c1)nc(-c1ccc3cnccc3n1)n2-c1ccnc(NC2CCCCC2)n1. The molecule has 0 bridgehead atoms. The number of imidazole rings is 1. The molecule has 0 atom stereocenters. The summed E-state index contributed by atoms with van der Waals surface area (Å²) in [4.78, 5) is 23.1. The van der Waals surface area contributed by atoms with Gasteiger partial charge in [-0.1, -0.05) is 19.3 Å². The van der Waals surface area contributed by atoms with Crippen LogP contribution in [0.15, 0.2) is 61.1 Å². The Morgan fingerprint density at radius 1 is 0.879 bits per heavy atom. The number of rotatable bonds is 4. The van der Waals surface area contributed by atoms with Gasteiger partial charge in [0.25, 0.3) is 0 Å². The molecule has 4 heterocycles. The van der Waals surface area contributed by atoms with Crippen LogP contribution in [0.4, 0.5) is 5.95 Å². The summed E-state index contributed by atoms with van der Waals surface area (Å²) in [6, 6.07) is 13.2. The first-order valence-electron chi connectivity index (χ1n) is 11.3. The zero-order valence-electron chi connectivity index (χ0n) is 18.0. The van der Waals surface area contributed by atoms with Crippen LogP contribution in [0.25, 0.3) is 39.3 Å². The zero-order valence-corrected chi connectivity index (χ0v) is 18.0. The fourth-order valence-corrected chi connectivity index (χ4v) is 4.53. The number of aromatic hydroxyl groups is 1. The summed E-state index contributed by atoms with van der Waals surface area (Å²) in [5.74, 6) is 2.13. The Labute approximate surface area is 190 Å². The van der Waals surface area contributed by atoms with Gasteiger partial charge in [-0.05, 0) is 49.2 Å². The van der Waals surface area contributed by atoms with E-state index in [9.17, 15) is 5.11 Å². The van der Waals surface area contributed by atoms with Crippen molar-refractivity contribution in [3.05, 3.63) is 61.1 Å². The maximum absolute atomic E-state index is 10.0. The smallest absolute Gasteiger partial charge is 0.224 e. The zero-order chi connectivity index (χ0) is 22.2. The summed E-state index contributed by atoms with van der Waals surface area (Å²) >= 11 is 0. The van der Waals surface area contributed by atoms with E-state index < -0.39 is 0 Å². The van der Waals surface area contributed by atoms with Gasteiger partial charge in [0, 0.05) is 36.1 Å². The number of nitrogens with zero attached hydrogens (tertiary/aromatic N) is 6. The molecule has 4 aromatic heterocycles. The van der Waals surface area contributed by atoms with Crippen LogP contribution in [0.1, 0.15) is 32.1 Å². The molecule has 0 spiro atoms. The van der Waals surface area contributed by atoms with Crippen molar-refractivity contribution >= 4 is 27.9 Å². The molecule has 0 saturated heterocycles. The normalized spacial score (nSPS) is 14.7. The molecule has 1 aliphatic rings. The molecular weight excluding hydrogens is 414 g/mol. The van der Waals surface area contributed by atoms with Gasteiger partial charge in [0.1, 0.15) is 17.3 Å². The predicted octanol–water partition coefficient (Wildman–Crippen LogP) is 4.88. The Balaban J connectivity index is 1.49. The second kappa shape index (κ2) is 8.12. The van der Waals surface area contributed by atoms with Crippen molar-refractivity contribution in [2.45, 2.75) is 38.1 Å². The van der Waals surface area contributed by atoms with Gasteiger partial charge in [0.05, 0.1) is 16.6 Å². The highest BCUT2D eigenvalue weighted by Crippen LogP contribution is 2.30. The van der Waals surface area contributed by atoms with E-state index in [1.54, 1.807) is 30.7 Å². The first kappa shape index (κ1) is 19.6. The number of benzene rings is 1. The Bertz CT molecular complexity index is 1460. The topological polar surface area (TPSA) is 102 Å². The molecule has 0 radical (unpaired) electrons. The average molecular weight is 438 g/mol. The summed E-state index contributed by atoms with van der Waals surface area (Å²) < 4.78 is 1.97. The van der Waals surface area contributed by atoms with Gasteiger partial charge in [-0.3, -0.25) is 9.55 Å². The minimum Gasteiger partial charge on any atom is -0.508 e. The molecule has 8 nitrogen and oxygen atoms in total. The largest absolute Gasteiger partial charge is 0.508 e. The minimum absolute atomic E-state index is 0.165. The van der Waals surface area contributed by atoms with Crippen molar-refractivity contribution in [3.8, 4) is 23.1 Å². The van der Waals surface area contributed by atoms with E-state index in [0.717, 1.165) is 29.3 Å². The van der Waals surface area contributed by atoms with Gasteiger partial charge in [0.2, 0.25) is 5.95 Å². The average Bonchev–Trinajstić information content (AvgIpc) is 3.23. The number of nitrogens with one attached hydrogen (secondary N) is 1. The Morgan fingerprint density at radius 3 is 2.70 bits per heavy atom. The molecule has 1 saturated carbocycles. The molecule has 33 heavy (non-hydrogen) atoms. The van der Waals surface area contributed by atoms with Crippen LogP contribution >= 0.6 is 0 Å². The molecule has 0 aliphatic heterocycles. The highest BCUT2D eigenvalue weighted by Gasteiger charge is 2.19. The number of hydrogen-bond acceptors (Lipinski definition) is 7. The van der Waals surface area contributed by atoms with Gasteiger partial charge in [-0.2, -0.15) is 4.98 Å². The maximum Gasteiger partial charge on any atom is 0.224 e. The van der Waals surface area contributed by atoms with Crippen LogP contribution in [0.3, 0.4) is 0 Å². The van der Waals surface area contributed by atoms with Crippen molar-refractivity contribution in [3.63, 3.8) is 0 Å². The molecular formula is C25H23N7O. The van der Waals surface area contributed by atoms with Crippen molar-refractivity contribution in [2.24, 2.45) is 0 Å². The number of hydrogen-bond donors (Lipinski definition) is 2. The Kier molecular flexibility index (Phi) is 4.83. The first-order valence-corrected chi connectivity index (χ1v) is 11.3. The summed E-state index contributed by atoms with van der Waals surface area (Å²) in [6.07, 6.45) is 11.3. The number of anilines is 1. The van der Waals surface area contributed by atoms with Crippen molar-refractivity contribution in [1.29, 1.82) is 0 Å². The summed E-state index contributed by atoms with van der Waals surface area (Å²) in [7, 11) is 0.